The summed E-state index contributed by atoms with van der Waals surface area (Å²) in [6.45, 7) is 7.34. The van der Waals surface area contributed by atoms with Gasteiger partial charge in [-0.3, -0.25) is 9.69 Å². The number of aromatic nitrogens is 1. The summed E-state index contributed by atoms with van der Waals surface area (Å²) in [6.07, 6.45) is 6.46. The summed E-state index contributed by atoms with van der Waals surface area (Å²) < 4.78 is 5.76. The number of piperidine rings is 1. The zero-order chi connectivity index (χ0) is 18.4. The first-order valence-electron chi connectivity index (χ1n) is 9.56. The average Bonchev–Trinajstić information content (AvgIpc) is 3.15. The lowest BCUT2D eigenvalue weighted by atomic mass is 9.98. The molecule has 5 nitrogen and oxygen atoms in total. The highest BCUT2D eigenvalue weighted by atomic mass is 16.4. The molecule has 0 atom stereocenters. The average molecular weight is 355 g/mol. The van der Waals surface area contributed by atoms with Crippen LogP contribution in [0, 0.1) is 0 Å². The first-order valence-corrected chi connectivity index (χ1v) is 9.56. The fraction of sp³-hybridized carbons (Fsp3) is 0.524. The molecule has 1 aromatic heterocycles. The summed E-state index contributed by atoms with van der Waals surface area (Å²) in [7, 11) is 0. The normalized spacial score (nSPS) is 15.8. The second kappa shape index (κ2) is 8.49. The van der Waals surface area contributed by atoms with E-state index >= 15 is 0 Å². The Balaban J connectivity index is 1.45. The summed E-state index contributed by atoms with van der Waals surface area (Å²) in [5, 5.41) is 3.08. The molecule has 1 fully saturated rings. The number of benzene rings is 1. The second-order valence-electron chi connectivity index (χ2n) is 7.62. The van der Waals surface area contributed by atoms with Crippen molar-refractivity contribution in [3.05, 3.63) is 42.4 Å². The molecule has 140 valence electrons. The molecule has 0 spiro atoms. The Morgan fingerprint density at radius 3 is 2.65 bits per heavy atom. The van der Waals surface area contributed by atoms with Crippen LogP contribution in [0.2, 0.25) is 0 Å². The van der Waals surface area contributed by atoms with Crippen molar-refractivity contribution in [1.82, 2.24) is 15.2 Å². The van der Waals surface area contributed by atoms with Gasteiger partial charge in [0.05, 0.1) is 6.20 Å². The lowest BCUT2D eigenvalue weighted by molar-refractivity contribution is -0.121. The Morgan fingerprint density at radius 1 is 1.19 bits per heavy atom. The molecular formula is C21H29N3O2. The maximum atomic E-state index is 12.2. The molecule has 2 aromatic rings. The van der Waals surface area contributed by atoms with Gasteiger partial charge in [-0.15, -0.1) is 0 Å². The highest BCUT2D eigenvalue weighted by Gasteiger charge is 2.28. The minimum Gasteiger partial charge on any atom is -0.441 e. The van der Waals surface area contributed by atoms with Crippen LogP contribution in [0.4, 0.5) is 0 Å². The van der Waals surface area contributed by atoms with Crippen molar-refractivity contribution in [3.63, 3.8) is 0 Å². The van der Waals surface area contributed by atoms with Gasteiger partial charge >= 0.3 is 0 Å². The third kappa shape index (κ3) is 4.94. The highest BCUT2D eigenvalue weighted by molar-refractivity contribution is 5.76. The molecule has 1 aromatic carbocycles. The van der Waals surface area contributed by atoms with E-state index in [0.29, 0.717) is 25.3 Å². The number of aryl methyl sites for hydroxylation is 1. The number of hydrogen-bond acceptors (Lipinski definition) is 4. The summed E-state index contributed by atoms with van der Waals surface area (Å²) >= 11 is 0. The van der Waals surface area contributed by atoms with Gasteiger partial charge in [-0.25, -0.2) is 4.98 Å². The molecule has 3 rings (SSSR count). The number of carbonyl (C=O) groups is 1. The lowest BCUT2D eigenvalue weighted by Crippen LogP contribution is -2.53. The Bertz CT molecular complexity index is 703. The zero-order valence-electron chi connectivity index (χ0n) is 15.8. The molecule has 2 heterocycles. The number of amides is 1. The van der Waals surface area contributed by atoms with Crippen LogP contribution < -0.4 is 5.32 Å². The van der Waals surface area contributed by atoms with Crippen molar-refractivity contribution in [2.75, 3.05) is 19.6 Å². The van der Waals surface area contributed by atoms with Crippen LogP contribution in [-0.4, -0.2) is 41.0 Å². The summed E-state index contributed by atoms with van der Waals surface area (Å²) in [4.78, 5) is 19.0. The minimum atomic E-state index is -0.000505. The number of nitrogens with zero attached hydrogens (tertiary/aromatic N) is 2. The highest BCUT2D eigenvalue weighted by Crippen LogP contribution is 2.21. The van der Waals surface area contributed by atoms with Crippen molar-refractivity contribution >= 4 is 5.91 Å². The first kappa shape index (κ1) is 18.6. The van der Waals surface area contributed by atoms with Crippen LogP contribution in [0.3, 0.4) is 0 Å². The molecule has 1 amide bonds. The SMILES string of the molecule is CC(C)(CNC(=O)CCc1ncc(-c2ccccc2)o1)N1CCCCC1. The number of hydrogen-bond donors (Lipinski definition) is 1. The van der Waals surface area contributed by atoms with E-state index in [9.17, 15) is 4.79 Å². The largest absolute Gasteiger partial charge is 0.441 e. The van der Waals surface area contributed by atoms with E-state index < -0.39 is 0 Å². The van der Waals surface area contributed by atoms with Crippen molar-refractivity contribution in [2.24, 2.45) is 0 Å². The molecule has 0 radical (unpaired) electrons. The van der Waals surface area contributed by atoms with Gasteiger partial charge < -0.3 is 9.73 Å². The van der Waals surface area contributed by atoms with Crippen LogP contribution in [-0.2, 0) is 11.2 Å². The van der Waals surface area contributed by atoms with Crippen LogP contribution in [0.25, 0.3) is 11.3 Å². The third-order valence-corrected chi connectivity index (χ3v) is 5.11. The number of likely N-dealkylation sites (tertiary alicyclic amines) is 1. The molecule has 26 heavy (non-hydrogen) atoms. The van der Waals surface area contributed by atoms with Gasteiger partial charge in [-0.2, -0.15) is 0 Å². The topological polar surface area (TPSA) is 58.4 Å². The van der Waals surface area contributed by atoms with E-state index in [1.807, 2.05) is 30.3 Å². The summed E-state index contributed by atoms with van der Waals surface area (Å²) in [6, 6.07) is 9.87. The van der Waals surface area contributed by atoms with Gasteiger partial charge in [0.2, 0.25) is 5.91 Å². The predicted octanol–water partition coefficient (Wildman–Crippen LogP) is 3.65. The molecular weight excluding hydrogens is 326 g/mol. The minimum absolute atomic E-state index is 0.000505. The quantitative estimate of drug-likeness (QED) is 0.823. The van der Waals surface area contributed by atoms with Crippen molar-refractivity contribution in [2.45, 2.75) is 51.5 Å². The molecule has 1 aliphatic heterocycles. The van der Waals surface area contributed by atoms with E-state index in [1.165, 1.54) is 19.3 Å². The van der Waals surface area contributed by atoms with Crippen LogP contribution in [0.5, 0.6) is 0 Å². The first-order chi connectivity index (χ1) is 12.5. The van der Waals surface area contributed by atoms with Gasteiger partial charge in [0.25, 0.3) is 0 Å². The van der Waals surface area contributed by atoms with Crippen molar-refractivity contribution < 1.29 is 9.21 Å². The molecule has 0 bridgehead atoms. The Kier molecular flexibility index (Phi) is 6.09. The zero-order valence-corrected chi connectivity index (χ0v) is 15.8. The van der Waals surface area contributed by atoms with E-state index in [2.05, 4.69) is 29.0 Å². The molecule has 5 heteroatoms. The molecule has 0 aliphatic carbocycles. The molecule has 1 saturated heterocycles. The van der Waals surface area contributed by atoms with E-state index in [-0.39, 0.29) is 11.4 Å². The number of nitrogens with one attached hydrogen (secondary N) is 1. The summed E-state index contributed by atoms with van der Waals surface area (Å²) in [5.41, 5.74) is 0.999. The van der Waals surface area contributed by atoms with Crippen LogP contribution in [0.15, 0.2) is 40.9 Å². The predicted molar refractivity (Wildman–Crippen MR) is 103 cm³/mol. The standard InChI is InChI=1S/C21H29N3O2/c1-21(2,24-13-7-4-8-14-24)16-23-19(25)11-12-20-22-15-18(26-20)17-9-5-3-6-10-17/h3,5-6,9-10,15H,4,7-8,11-14,16H2,1-2H3,(H,23,25). The van der Waals surface area contributed by atoms with Gasteiger partial charge in [0.15, 0.2) is 11.7 Å². The Hall–Kier alpha value is -2.14. The van der Waals surface area contributed by atoms with Gasteiger partial charge in [0, 0.05) is 30.5 Å². The molecule has 0 saturated carbocycles. The van der Waals surface area contributed by atoms with Crippen molar-refractivity contribution in [3.8, 4) is 11.3 Å². The van der Waals surface area contributed by atoms with Gasteiger partial charge in [-0.05, 0) is 39.8 Å². The number of oxazole rings is 1. The monoisotopic (exact) mass is 355 g/mol. The van der Waals surface area contributed by atoms with E-state index in [1.54, 1.807) is 6.20 Å². The van der Waals surface area contributed by atoms with E-state index in [4.69, 9.17) is 4.42 Å². The Morgan fingerprint density at radius 2 is 1.92 bits per heavy atom. The number of rotatable bonds is 7. The van der Waals surface area contributed by atoms with Gasteiger partial charge in [0.1, 0.15) is 0 Å². The lowest BCUT2D eigenvalue weighted by Gasteiger charge is -2.41. The second-order valence-corrected chi connectivity index (χ2v) is 7.62. The number of carbonyl (C=O) groups excluding carboxylic acids is 1. The van der Waals surface area contributed by atoms with Crippen molar-refractivity contribution in [1.29, 1.82) is 0 Å². The maximum Gasteiger partial charge on any atom is 0.220 e. The fourth-order valence-electron chi connectivity index (χ4n) is 3.40. The van der Waals surface area contributed by atoms with Crippen LogP contribution >= 0.6 is 0 Å². The Labute approximate surface area is 155 Å². The maximum absolute atomic E-state index is 12.2. The van der Waals surface area contributed by atoms with E-state index in [0.717, 1.165) is 24.4 Å². The molecule has 1 aliphatic rings. The molecule has 1 N–H and O–H groups in total. The third-order valence-electron chi connectivity index (χ3n) is 5.11. The smallest absolute Gasteiger partial charge is 0.220 e. The van der Waals surface area contributed by atoms with Gasteiger partial charge in [-0.1, -0.05) is 36.8 Å². The molecule has 0 unspecified atom stereocenters. The van der Waals surface area contributed by atoms with Crippen LogP contribution in [0.1, 0.15) is 45.4 Å². The fourth-order valence-corrected chi connectivity index (χ4v) is 3.40. The summed E-state index contributed by atoms with van der Waals surface area (Å²) in [5.74, 6) is 1.40.